The van der Waals surface area contributed by atoms with E-state index in [9.17, 15) is 13.2 Å². The van der Waals surface area contributed by atoms with E-state index >= 15 is 0 Å². The fourth-order valence-electron chi connectivity index (χ4n) is 3.52. The van der Waals surface area contributed by atoms with Crippen molar-refractivity contribution in [3.8, 4) is 0 Å². The number of hydrogen-bond donors (Lipinski definition) is 0. The molecule has 1 aromatic rings. The van der Waals surface area contributed by atoms with E-state index in [-0.39, 0.29) is 17.6 Å². The summed E-state index contributed by atoms with van der Waals surface area (Å²) >= 11 is 0. The molecule has 1 aromatic carbocycles. The molecule has 1 atom stereocenters. The Bertz CT molecular complexity index is 721. The highest BCUT2D eigenvalue weighted by molar-refractivity contribution is 7.89. The van der Waals surface area contributed by atoms with E-state index in [1.165, 1.54) is 35.0 Å². The third-order valence-electron chi connectivity index (χ3n) is 5.07. The molecule has 3 rings (SSSR count). The Morgan fingerprint density at radius 2 is 1.85 bits per heavy atom. The predicted molar refractivity (Wildman–Crippen MR) is 101 cm³/mol. The summed E-state index contributed by atoms with van der Waals surface area (Å²) in [6.45, 7) is 6.08. The van der Waals surface area contributed by atoms with E-state index in [2.05, 4.69) is 4.90 Å². The van der Waals surface area contributed by atoms with Gasteiger partial charge in [0.2, 0.25) is 10.0 Å². The lowest BCUT2D eigenvalue weighted by Gasteiger charge is -2.36. The fourth-order valence-corrected chi connectivity index (χ4v) is 4.94. The summed E-state index contributed by atoms with van der Waals surface area (Å²) in [4.78, 5) is 14.2. The molecule has 2 aliphatic heterocycles. The second-order valence-electron chi connectivity index (χ2n) is 6.94. The van der Waals surface area contributed by atoms with Crippen molar-refractivity contribution in [2.75, 3.05) is 45.9 Å². The lowest BCUT2D eigenvalue weighted by Crippen LogP contribution is -2.50. The summed E-state index contributed by atoms with van der Waals surface area (Å²) in [6.07, 6.45) is 3.71. The number of carbonyl (C=O) groups excluding carboxylic acids is 1. The van der Waals surface area contributed by atoms with Gasteiger partial charge in [0.25, 0.3) is 0 Å². The zero-order chi connectivity index (χ0) is 19.3. The molecular weight excluding hydrogens is 368 g/mol. The van der Waals surface area contributed by atoms with Gasteiger partial charge < -0.3 is 9.47 Å². The molecule has 0 unspecified atom stereocenters. The first kappa shape index (κ1) is 20.3. The molecule has 8 heteroatoms. The lowest BCUT2D eigenvalue weighted by molar-refractivity contribution is -0.0103. The standard InChI is InChI=1S/C19H28N2O5S/c1-2-25-19(22)16-6-8-18(9-7-16)27(23,24)21-12-10-20(11-13-21)15-17-5-3-4-14-26-17/h6-9,17H,2-5,10-15H2,1H3/t17-/m0/s1. The number of sulfonamides is 1. The number of esters is 1. The highest BCUT2D eigenvalue weighted by Gasteiger charge is 2.29. The molecule has 0 aliphatic carbocycles. The van der Waals surface area contributed by atoms with Crippen LogP contribution in [-0.2, 0) is 19.5 Å². The molecule has 0 radical (unpaired) electrons. The first-order valence-corrected chi connectivity index (χ1v) is 11.1. The highest BCUT2D eigenvalue weighted by Crippen LogP contribution is 2.20. The average molecular weight is 397 g/mol. The minimum Gasteiger partial charge on any atom is -0.462 e. The Kier molecular flexibility index (Phi) is 6.86. The average Bonchev–Trinajstić information content (AvgIpc) is 2.69. The van der Waals surface area contributed by atoms with Crippen molar-refractivity contribution < 1.29 is 22.7 Å². The van der Waals surface area contributed by atoms with Gasteiger partial charge in [-0.3, -0.25) is 4.90 Å². The number of piperazine rings is 1. The highest BCUT2D eigenvalue weighted by atomic mass is 32.2. The number of rotatable bonds is 6. The molecule has 0 aromatic heterocycles. The summed E-state index contributed by atoms with van der Waals surface area (Å²) in [7, 11) is -3.55. The minimum absolute atomic E-state index is 0.208. The number of benzene rings is 1. The van der Waals surface area contributed by atoms with Crippen LogP contribution >= 0.6 is 0 Å². The van der Waals surface area contributed by atoms with Crippen molar-refractivity contribution in [3.63, 3.8) is 0 Å². The Labute approximate surface area is 161 Å². The maximum atomic E-state index is 12.9. The largest absolute Gasteiger partial charge is 0.462 e. The van der Waals surface area contributed by atoms with Gasteiger partial charge in [0.1, 0.15) is 0 Å². The van der Waals surface area contributed by atoms with E-state index in [0.717, 1.165) is 26.0 Å². The first-order chi connectivity index (χ1) is 13.0. The third-order valence-corrected chi connectivity index (χ3v) is 6.98. The van der Waals surface area contributed by atoms with Gasteiger partial charge in [-0.1, -0.05) is 0 Å². The van der Waals surface area contributed by atoms with E-state index in [0.29, 0.717) is 31.7 Å². The van der Waals surface area contributed by atoms with Gasteiger partial charge in [0.15, 0.2) is 0 Å². The van der Waals surface area contributed by atoms with Crippen LogP contribution in [0.1, 0.15) is 36.5 Å². The van der Waals surface area contributed by atoms with Crippen molar-refractivity contribution >= 4 is 16.0 Å². The normalized spacial score (nSPS) is 22.5. The molecular formula is C19H28N2O5S. The van der Waals surface area contributed by atoms with Crippen LogP contribution in [0.15, 0.2) is 29.2 Å². The smallest absolute Gasteiger partial charge is 0.338 e. The zero-order valence-electron chi connectivity index (χ0n) is 15.8. The lowest BCUT2D eigenvalue weighted by atomic mass is 10.1. The molecule has 0 spiro atoms. The molecule has 2 saturated heterocycles. The predicted octanol–water partition coefficient (Wildman–Crippen LogP) is 1.74. The van der Waals surface area contributed by atoms with Crippen molar-refractivity contribution in [2.24, 2.45) is 0 Å². The molecule has 0 saturated carbocycles. The van der Waals surface area contributed by atoms with E-state index in [1.807, 2.05) is 0 Å². The number of ether oxygens (including phenoxy) is 2. The first-order valence-electron chi connectivity index (χ1n) is 9.62. The van der Waals surface area contributed by atoms with Crippen LogP contribution in [0.4, 0.5) is 0 Å². The van der Waals surface area contributed by atoms with Crippen LogP contribution in [-0.4, -0.2) is 75.6 Å². The maximum Gasteiger partial charge on any atom is 0.338 e. The molecule has 7 nitrogen and oxygen atoms in total. The van der Waals surface area contributed by atoms with Gasteiger partial charge in [0, 0.05) is 39.3 Å². The summed E-state index contributed by atoms with van der Waals surface area (Å²) < 4.78 is 37.9. The maximum absolute atomic E-state index is 12.9. The van der Waals surface area contributed by atoms with Gasteiger partial charge in [-0.25, -0.2) is 13.2 Å². The Morgan fingerprint density at radius 1 is 1.15 bits per heavy atom. The molecule has 0 bridgehead atoms. The molecule has 2 fully saturated rings. The van der Waals surface area contributed by atoms with E-state index < -0.39 is 16.0 Å². The molecule has 2 heterocycles. The molecule has 0 amide bonds. The van der Waals surface area contributed by atoms with Crippen molar-refractivity contribution in [3.05, 3.63) is 29.8 Å². The van der Waals surface area contributed by atoms with Crippen LogP contribution in [0.2, 0.25) is 0 Å². The van der Waals surface area contributed by atoms with Crippen molar-refractivity contribution in [2.45, 2.75) is 37.2 Å². The second kappa shape index (κ2) is 9.14. The van der Waals surface area contributed by atoms with E-state index in [1.54, 1.807) is 6.92 Å². The minimum atomic E-state index is -3.55. The summed E-state index contributed by atoms with van der Waals surface area (Å²) in [6, 6.07) is 5.96. The summed E-state index contributed by atoms with van der Waals surface area (Å²) in [5.74, 6) is -0.444. The zero-order valence-corrected chi connectivity index (χ0v) is 16.6. The SMILES string of the molecule is CCOC(=O)c1ccc(S(=O)(=O)N2CCN(C[C@@H]3CCCCO3)CC2)cc1. The van der Waals surface area contributed by atoms with Crippen LogP contribution in [0.25, 0.3) is 0 Å². The summed E-state index contributed by atoms with van der Waals surface area (Å²) in [5.41, 5.74) is 0.355. The molecule has 150 valence electrons. The fraction of sp³-hybridized carbons (Fsp3) is 0.632. The van der Waals surface area contributed by atoms with Crippen LogP contribution in [0.3, 0.4) is 0 Å². The van der Waals surface area contributed by atoms with Gasteiger partial charge in [-0.15, -0.1) is 0 Å². The van der Waals surface area contributed by atoms with Crippen LogP contribution in [0, 0.1) is 0 Å². The number of nitrogens with zero attached hydrogens (tertiary/aromatic N) is 2. The van der Waals surface area contributed by atoms with Crippen molar-refractivity contribution in [1.82, 2.24) is 9.21 Å². The number of carbonyl (C=O) groups is 1. The van der Waals surface area contributed by atoms with Crippen molar-refractivity contribution in [1.29, 1.82) is 0 Å². The topological polar surface area (TPSA) is 76.2 Å². The van der Waals surface area contributed by atoms with Gasteiger partial charge in [-0.05, 0) is 50.5 Å². The van der Waals surface area contributed by atoms with Gasteiger partial charge >= 0.3 is 5.97 Å². The summed E-state index contributed by atoms with van der Waals surface area (Å²) in [5, 5.41) is 0. The van der Waals surface area contributed by atoms with Gasteiger partial charge in [-0.2, -0.15) is 4.31 Å². The Balaban J connectivity index is 1.57. The second-order valence-corrected chi connectivity index (χ2v) is 8.88. The number of hydrogen-bond acceptors (Lipinski definition) is 6. The van der Waals surface area contributed by atoms with E-state index in [4.69, 9.17) is 9.47 Å². The van der Waals surface area contributed by atoms with Gasteiger partial charge in [0.05, 0.1) is 23.2 Å². The molecule has 27 heavy (non-hydrogen) atoms. The van der Waals surface area contributed by atoms with Crippen LogP contribution < -0.4 is 0 Å². The molecule has 2 aliphatic rings. The monoisotopic (exact) mass is 396 g/mol. The third kappa shape index (κ3) is 5.07. The quantitative estimate of drug-likeness (QED) is 0.682. The molecule has 0 N–H and O–H groups in total. The Morgan fingerprint density at radius 3 is 2.44 bits per heavy atom. The van der Waals surface area contributed by atoms with Crippen LogP contribution in [0.5, 0.6) is 0 Å². The Hall–Kier alpha value is -1.48.